The maximum Gasteiger partial charge on any atom is 0.247 e. The molecule has 0 fully saturated rings. The van der Waals surface area contributed by atoms with Gasteiger partial charge in [-0.1, -0.05) is 13.8 Å². The zero-order valence-corrected chi connectivity index (χ0v) is 13.2. The quantitative estimate of drug-likeness (QED) is 0.771. The fraction of sp³-hybridized carbons (Fsp3) is 0.214. The summed E-state index contributed by atoms with van der Waals surface area (Å²) < 4.78 is 2.63. The number of rotatable bonds is 2. The topological polar surface area (TPSA) is 55.1 Å². The summed E-state index contributed by atoms with van der Waals surface area (Å²) in [6.45, 7) is 5.95. The molecule has 0 saturated carbocycles. The third-order valence-electron chi connectivity index (χ3n) is 2.48. The van der Waals surface area contributed by atoms with E-state index in [2.05, 4.69) is 36.3 Å². The lowest BCUT2D eigenvalue weighted by Gasteiger charge is -2.00. The molecule has 6 heteroatoms. The van der Waals surface area contributed by atoms with Crippen LogP contribution in [-0.4, -0.2) is 19.6 Å². The van der Waals surface area contributed by atoms with Crippen LogP contribution < -0.4 is 5.32 Å². The lowest BCUT2D eigenvalue weighted by atomic mass is 10.3. The van der Waals surface area contributed by atoms with Gasteiger partial charge in [-0.25, -0.2) is 4.52 Å². The Kier molecular flexibility index (Phi) is 4.68. The van der Waals surface area contributed by atoms with E-state index in [0.29, 0.717) is 5.95 Å². The van der Waals surface area contributed by atoms with Crippen LogP contribution in [0.15, 0.2) is 41.1 Å². The minimum atomic E-state index is 0.549. The summed E-state index contributed by atoms with van der Waals surface area (Å²) in [5.74, 6) is 0.549. The Morgan fingerprint density at radius 1 is 1.20 bits per heavy atom. The van der Waals surface area contributed by atoms with Gasteiger partial charge >= 0.3 is 0 Å². The minimum Gasteiger partial charge on any atom is -0.321 e. The van der Waals surface area contributed by atoms with E-state index < -0.39 is 0 Å². The number of anilines is 2. The van der Waals surface area contributed by atoms with Gasteiger partial charge in [-0.3, -0.25) is 4.98 Å². The average molecular weight is 334 g/mol. The molecular formula is C14H16BrN5. The van der Waals surface area contributed by atoms with Crippen molar-refractivity contribution in [2.75, 3.05) is 5.32 Å². The Hall–Kier alpha value is -1.95. The van der Waals surface area contributed by atoms with E-state index in [0.717, 1.165) is 21.5 Å². The summed E-state index contributed by atoms with van der Waals surface area (Å²) in [5, 5.41) is 7.45. The van der Waals surface area contributed by atoms with Crippen molar-refractivity contribution in [3.63, 3.8) is 0 Å². The highest BCUT2D eigenvalue weighted by Crippen LogP contribution is 2.18. The lowest BCUT2D eigenvalue weighted by molar-refractivity contribution is 0.962. The molecule has 0 unspecified atom stereocenters. The van der Waals surface area contributed by atoms with Crippen LogP contribution in [0.3, 0.4) is 0 Å². The summed E-state index contributed by atoms with van der Waals surface area (Å²) in [7, 11) is 0. The fourth-order valence-corrected chi connectivity index (χ4v) is 2.02. The van der Waals surface area contributed by atoms with E-state index in [1.165, 1.54) is 0 Å². The molecule has 3 aromatic heterocycles. The van der Waals surface area contributed by atoms with Gasteiger partial charge in [0.05, 0.1) is 16.4 Å². The number of aryl methyl sites for hydroxylation is 1. The molecule has 0 spiro atoms. The molecule has 5 nitrogen and oxygen atoms in total. The van der Waals surface area contributed by atoms with E-state index in [1.807, 2.05) is 51.2 Å². The first-order valence-electron chi connectivity index (χ1n) is 6.43. The van der Waals surface area contributed by atoms with E-state index in [1.54, 1.807) is 10.7 Å². The van der Waals surface area contributed by atoms with E-state index in [9.17, 15) is 0 Å². The van der Waals surface area contributed by atoms with Crippen molar-refractivity contribution in [1.29, 1.82) is 0 Å². The molecule has 3 rings (SSSR count). The highest BCUT2D eigenvalue weighted by Gasteiger charge is 2.06. The van der Waals surface area contributed by atoms with Crippen molar-refractivity contribution < 1.29 is 0 Å². The number of halogens is 1. The zero-order chi connectivity index (χ0) is 14.5. The molecule has 0 atom stereocenters. The Morgan fingerprint density at radius 2 is 2.00 bits per heavy atom. The monoisotopic (exact) mass is 333 g/mol. The van der Waals surface area contributed by atoms with Crippen molar-refractivity contribution >= 4 is 33.2 Å². The third-order valence-corrected chi connectivity index (χ3v) is 3.10. The van der Waals surface area contributed by atoms with Crippen LogP contribution in [-0.2, 0) is 0 Å². The molecule has 0 aliphatic carbocycles. The normalized spacial score (nSPS) is 10.0. The van der Waals surface area contributed by atoms with Crippen LogP contribution in [0.1, 0.15) is 19.5 Å². The summed E-state index contributed by atoms with van der Waals surface area (Å²) >= 11 is 3.44. The molecule has 0 aliphatic rings. The maximum atomic E-state index is 4.40. The van der Waals surface area contributed by atoms with Crippen LogP contribution in [0.25, 0.3) is 5.65 Å². The van der Waals surface area contributed by atoms with Gasteiger partial charge < -0.3 is 5.32 Å². The summed E-state index contributed by atoms with van der Waals surface area (Å²) in [5.41, 5.74) is 2.62. The van der Waals surface area contributed by atoms with Crippen LogP contribution in [0.2, 0.25) is 0 Å². The Labute approximate surface area is 126 Å². The second-order valence-electron chi connectivity index (χ2n) is 3.87. The second-order valence-corrected chi connectivity index (χ2v) is 4.73. The summed E-state index contributed by atoms with van der Waals surface area (Å²) in [4.78, 5) is 8.61. The number of hydrogen-bond donors (Lipinski definition) is 1. The molecule has 0 aliphatic heterocycles. The second kappa shape index (κ2) is 6.47. The van der Waals surface area contributed by atoms with Gasteiger partial charge in [0.15, 0.2) is 5.65 Å². The molecule has 3 heterocycles. The van der Waals surface area contributed by atoms with Gasteiger partial charge in [-0.15, -0.1) is 5.10 Å². The number of aromatic nitrogens is 4. The summed E-state index contributed by atoms with van der Waals surface area (Å²) in [6, 6.07) is 7.72. The van der Waals surface area contributed by atoms with Gasteiger partial charge in [-0.2, -0.15) is 4.98 Å². The highest BCUT2D eigenvalue weighted by molar-refractivity contribution is 9.10. The van der Waals surface area contributed by atoms with Crippen LogP contribution >= 0.6 is 15.9 Å². The van der Waals surface area contributed by atoms with Crippen LogP contribution in [0.5, 0.6) is 0 Å². The van der Waals surface area contributed by atoms with Crippen molar-refractivity contribution in [1.82, 2.24) is 19.6 Å². The Morgan fingerprint density at radius 3 is 2.65 bits per heavy atom. The predicted molar refractivity (Wildman–Crippen MR) is 84.3 cm³/mol. The first-order valence-corrected chi connectivity index (χ1v) is 7.22. The molecule has 1 N–H and O–H groups in total. The molecular weight excluding hydrogens is 318 g/mol. The van der Waals surface area contributed by atoms with Gasteiger partial charge in [0.1, 0.15) is 0 Å². The molecule has 104 valence electrons. The van der Waals surface area contributed by atoms with Crippen molar-refractivity contribution in [2.45, 2.75) is 20.8 Å². The molecule has 0 amide bonds. The maximum absolute atomic E-state index is 4.40. The summed E-state index contributed by atoms with van der Waals surface area (Å²) in [6.07, 6.45) is 3.61. The highest BCUT2D eigenvalue weighted by atomic mass is 79.9. The van der Waals surface area contributed by atoms with Gasteiger partial charge in [0, 0.05) is 11.9 Å². The van der Waals surface area contributed by atoms with Crippen LogP contribution in [0.4, 0.5) is 11.6 Å². The van der Waals surface area contributed by atoms with Crippen molar-refractivity contribution in [3.05, 3.63) is 46.8 Å². The Bertz CT molecular complexity index is 690. The Balaban J connectivity index is 0.000000704. The average Bonchev–Trinajstić information content (AvgIpc) is 2.88. The van der Waals surface area contributed by atoms with Gasteiger partial charge in [0.2, 0.25) is 5.95 Å². The SMILES string of the molecule is CC.Cc1ccc(Nc2nc3c(Br)cccn3n2)cn1. The van der Waals surface area contributed by atoms with Gasteiger partial charge in [-0.05, 0) is 47.1 Å². The first kappa shape index (κ1) is 14.5. The standard InChI is InChI=1S/C12H10BrN5.C2H6/c1-8-4-5-9(7-14-8)15-12-16-11-10(13)3-2-6-18(11)17-12;1-2/h2-7H,1H3,(H,15,17);1-2H3. The van der Waals surface area contributed by atoms with Crippen molar-refractivity contribution in [2.24, 2.45) is 0 Å². The molecule has 3 aromatic rings. The third kappa shape index (κ3) is 3.14. The van der Waals surface area contributed by atoms with Gasteiger partial charge in [0.25, 0.3) is 0 Å². The molecule has 0 aromatic carbocycles. The van der Waals surface area contributed by atoms with Crippen molar-refractivity contribution in [3.8, 4) is 0 Å². The number of nitrogens with zero attached hydrogens (tertiary/aromatic N) is 4. The molecule has 0 bridgehead atoms. The van der Waals surface area contributed by atoms with Crippen LogP contribution in [0, 0.1) is 6.92 Å². The lowest BCUT2D eigenvalue weighted by Crippen LogP contribution is -1.94. The number of nitrogens with one attached hydrogen (secondary N) is 1. The largest absolute Gasteiger partial charge is 0.321 e. The van der Waals surface area contributed by atoms with E-state index >= 15 is 0 Å². The first-order chi connectivity index (χ1) is 9.72. The molecule has 0 saturated heterocycles. The smallest absolute Gasteiger partial charge is 0.247 e. The number of fused-ring (bicyclic) bond motifs is 1. The molecule has 20 heavy (non-hydrogen) atoms. The minimum absolute atomic E-state index is 0.549. The zero-order valence-electron chi connectivity index (χ0n) is 11.6. The van der Waals surface area contributed by atoms with E-state index in [-0.39, 0.29) is 0 Å². The fourth-order valence-electron chi connectivity index (χ4n) is 1.60. The number of pyridine rings is 2. The predicted octanol–water partition coefficient (Wildman–Crippen LogP) is 3.97. The molecule has 0 radical (unpaired) electrons. The van der Waals surface area contributed by atoms with E-state index in [4.69, 9.17) is 0 Å². The number of hydrogen-bond acceptors (Lipinski definition) is 4.